The van der Waals surface area contributed by atoms with Gasteiger partial charge in [-0.05, 0) is 43.4 Å². The van der Waals surface area contributed by atoms with Gasteiger partial charge in [0.15, 0.2) is 0 Å². The van der Waals surface area contributed by atoms with Crippen molar-refractivity contribution in [2.45, 2.75) is 25.4 Å². The Balaban J connectivity index is 1.97. The average molecular weight is 231 g/mol. The van der Waals surface area contributed by atoms with Crippen molar-refractivity contribution in [3.63, 3.8) is 0 Å². The highest BCUT2D eigenvalue weighted by molar-refractivity contribution is 5.68. The standard InChI is InChI=1S/C13H17N3O/c14-7-9-2-4-12(15)13(6-9)16-8-10-1-3-11(17)5-10/h2,4,6,10-11,16-17H,1,3,5,8,15H2. The summed E-state index contributed by atoms with van der Waals surface area (Å²) in [5, 5.41) is 21.5. The fourth-order valence-corrected chi connectivity index (χ4v) is 2.27. The van der Waals surface area contributed by atoms with E-state index >= 15 is 0 Å². The fraction of sp³-hybridized carbons (Fsp3) is 0.462. The number of benzene rings is 1. The SMILES string of the molecule is N#Cc1ccc(N)c(NCC2CCC(O)C2)c1. The Labute approximate surface area is 101 Å². The maximum atomic E-state index is 9.44. The number of hydrogen-bond acceptors (Lipinski definition) is 4. The molecule has 0 heterocycles. The third kappa shape index (κ3) is 2.89. The summed E-state index contributed by atoms with van der Waals surface area (Å²) in [6.45, 7) is 0.802. The van der Waals surface area contributed by atoms with Crippen LogP contribution in [0.5, 0.6) is 0 Å². The first-order valence-electron chi connectivity index (χ1n) is 5.90. The second-order valence-electron chi connectivity index (χ2n) is 4.63. The summed E-state index contributed by atoms with van der Waals surface area (Å²) in [5.41, 5.74) is 7.91. The number of nitrogen functional groups attached to an aromatic ring is 1. The molecule has 0 bridgehead atoms. The monoisotopic (exact) mass is 231 g/mol. The fourth-order valence-electron chi connectivity index (χ4n) is 2.27. The van der Waals surface area contributed by atoms with Crippen molar-refractivity contribution in [1.82, 2.24) is 0 Å². The van der Waals surface area contributed by atoms with Gasteiger partial charge >= 0.3 is 0 Å². The molecule has 0 radical (unpaired) electrons. The first-order valence-corrected chi connectivity index (χ1v) is 5.90. The van der Waals surface area contributed by atoms with Crippen LogP contribution < -0.4 is 11.1 Å². The highest BCUT2D eigenvalue weighted by Gasteiger charge is 2.22. The number of hydrogen-bond donors (Lipinski definition) is 3. The Kier molecular flexibility index (Phi) is 3.50. The maximum absolute atomic E-state index is 9.44. The smallest absolute Gasteiger partial charge is 0.0992 e. The van der Waals surface area contributed by atoms with Crippen molar-refractivity contribution < 1.29 is 5.11 Å². The molecule has 2 unspecified atom stereocenters. The van der Waals surface area contributed by atoms with E-state index in [1.807, 2.05) is 0 Å². The number of nitrogens with two attached hydrogens (primary N) is 1. The molecule has 1 aromatic rings. The molecule has 17 heavy (non-hydrogen) atoms. The van der Waals surface area contributed by atoms with Gasteiger partial charge in [0.05, 0.1) is 29.1 Å². The molecule has 0 aliphatic heterocycles. The van der Waals surface area contributed by atoms with E-state index in [2.05, 4.69) is 11.4 Å². The number of nitriles is 1. The van der Waals surface area contributed by atoms with Crippen molar-refractivity contribution >= 4 is 11.4 Å². The van der Waals surface area contributed by atoms with Gasteiger partial charge < -0.3 is 16.2 Å². The van der Waals surface area contributed by atoms with E-state index in [0.717, 1.165) is 31.5 Å². The minimum absolute atomic E-state index is 0.149. The van der Waals surface area contributed by atoms with Crippen LogP contribution in [-0.4, -0.2) is 17.8 Å². The number of rotatable bonds is 3. The van der Waals surface area contributed by atoms with Crippen LogP contribution in [0.4, 0.5) is 11.4 Å². The second kappa shape index (κ2) is 5.07. The Morgan fingerprint density at radius 2 is 2.29 bits per heavy atom. The minimum Gasteiger partial charge on any atom is -0.397 e. The van der Waals surface area contributed by atoms with Gasteiger partial charge in [-0.2, -0.15) is 5.26 Å². The summed E-state index contributed by atoms with van der Waals surface area (Å²) in [6.07, 6.45) is 2.64. The molecule has 4 N–H and O–H groups in total. The number of nitrogens with one attached hydrogen (secondary N) is 1. The molecule has 0 saturated heterocycles. The highest BCUT2D eigenvalue weighted by atomic mass is 16.3. The van der Waals surface area contributed by atoms with Crippen LogP contribution in [0.2, 0.25) is 0 Å². The van der Waals surface area contributed by atoms with Gasteiger partial charge in [-0.1, -0.05) is 0 Å². The van der Waals surface area contributed by atoms with Crippen LogP contribution in [0.15, 0.2) is 18.2 Å². The van der Waals surface area contributed by atoms with Crippen LogP contribution in [0.3, 0.4) is 0 Å². The Hall–Kier alpha value is -1.73. The van der Waals surface area contributed by atoms with E-state index in [1.165, 1.54) is 0 Å². The number of nitrogens with zero attached hydrogens (tertiary/aromatic N) is 1. The van der Waals surface area contributed by atoms with E-state index in [9.17, 15) is 5.11 Å². The summed E-state index contributed by atoms with van der Waals surface area (Å²) in [5.74, 6) is 0.496. The molecule has 4 nitrogen and oxygen atoms in total. The predicted molar refractivity (Wildman–Crippen MR) is 67.4 cm³/mol. The van der Waals surface area contributed by atoms with Crippen LogP contribution >= 0.6 is 0 Å². The van der Waals surface area contributed by atoms with Crippen LogP contribution in [-0.2, 0) is 0 Å². The molecule has 1 aliphatic rings. The first kappa shape index (κ1) is 11.7. The van der Waals surface area contributed by atoms with Crippen molar-refractivity contribution in [2.75, 3.05) is 17.6 Å². The van der Waals surface area contributed by atoms with Gasteiger partial charge in [-0.3, -0.25) is 0 Å². The lowest BCUT2D eigenvalue weighted by Gasteiger charge is -2.13. The minimum atomic E-state index is -0.149. The van der Waals surface area contributed by atoms with Gasteiger partial charge in [0.1, 0.15) is 0 Å². The van der Waals surface area contributed by atoms with Gasteiger partial charge in [0.2, 0.25) is 0 Å². The van der Waals surface area contributed by atoms with Gasteiger partial charge in [-0.25, -0.2) is 0 Å². The van der Waals surface area contributed by atoms with Gasteiger partial charge in [0, 0.05) is 6.54 Å². The maximum Gasteiger partial charge on any atom is 0.0992 e. The third-order valence-corrected chi connectivity index (χ3v) is 3.28. The number of aliphatic hydroxyl groups excluding tert-OH is 1. The van der Waals surface area contributed by atoms with Crippen molar-refractivity contribution in [3.05, 3.63) is 23.8 Å². The number of anilines is 2. The summed E-state index contributed by atoms with van der Waals surface area (Å²) < 4.78 is 0. The topological polar surface area (TPSA) is 82.1 Å². The van der Waals surface area contributed by atoms with Gasteiger partial charge in [0.25, 0.3) is 0 Å². The molecular formula is C13H17N3O. The van der Waals surface area contributed by atoms with E-state index in [1.54, 1.807) is 18.2 Å². The zero-order valence-corrected chi connectivity index (χ0v) is 9.69. The van der Waals surface area contributed by atoms with E-state index in [4.69, 9.17) is 11.0 Å². The Morgan fingerprint density at radius 3 is 2.94 bits per heavy atom. The van der Waals surface area contributed by atoms with Crippen LogP contribution in [0.1, 0.15) is 24.8 Å². The third-order valence-electron chi connectivity index (χ3n) is 3.28. The molecule has 2 atom stereocenters. The summed E-state index contributed by atoms with van der Waals surface area (Å²) in [6, 6.07) is 7.31. The lowest BCUT2D eigenvalue weighted by Crippen LogP contribution is -2.13. The molecule has 0 spiro atoms. The zero-order chi connectivity index (χ0) is 12.3. The molecule has 90 valence electrons. The summed E-state index contributed by atoms with van der Waals surface area (Å²) in [7, 11) is 0. The normalized spacial score (nSPS) is 23.3. The van der Waals surface area contributed by atoms with Crippen LogP contribution in [0, 0.1) is 17.2 Å². The lowest BCUT2D eigenvalue weighted by atomic mass is 10.1. The molecular weight excluding hydrogens is 214 g/mol. The van der Waals surface area contributed by atoms with E-state index < -0.39 is 0 Å². The molecule has 0 amide bonds. The molecule has 4 heteroatoms. The van der Waals surface area contributed by atoms with E-state index in [0.29, 0.717) is 17.2 Å². The average Bonchev–Trinajstić information content (AvgIpc) is 2.74. The van der Waals surface area contributed by atoms with Gasteiger partial charge in [-0.15, -0.1) is 0 Å². The molecule has 1 aliphatic carbocycles. The Bertz CT molecular complexity index is 439. The molecule has 0 aromatic heterocycles. The first-order chi connectivity index (χ1) is 8.19. The van der Waals surface area contributed by atoms with E-state index in [-0.39, 0.29) is 6.10 Å². The summed E-state index contributed by atoms with van der Waals surface area (Å²) in [4.78, 5) is 0. The molecule has 1 saturated carbocycles. The van der Waals surface area contributed by atoms with Crippen molar-refractivity contribution in [3.8, 4) is 6.07 Å². The molecule has 2 rings (SSSR count). The van der Waals surface area contributed by atoms with Crippen molar-refractivity contribution in [1.29, 1.82) is 5.26 Å². The summed E-state index contributed by atoms with van der Waals surface area (Å²) >= 11 is 0. The quantitative estimate of drug-likeness (QED) is 0.692. The Morgan fingerprint density at radius 1 is 1.47 bits per heavy atom. The largest absolute Gasteiger partial charge is 0.397 e. The molecule has 1 aromatic carbocycles. The second-order valence-corrected chi connectivity index (χ2v) is 4.63. The predicted octanol–water partition coefficient (Wildman–Crippen LogP) is 1.71. The number of aliphatic hydroxyl groups is 1. The highest BCUT2D eigenvalue weighted by Crippen LogP contribution is 2.27. The molecule has 1 fully saturated rings. The van der Waals surface area contributed by atoms with Crippen LogP contribution in [0.25, 0.3) is 0 Å². The zero-order valence-electron chi connectivity index (χ0n) is 9.69. The lowest BCUT2D eigenvalue weighted by molar-refractivity contribution is 0.178. The van der Waals surface area contributed by atoms with Crippen molar-refractivity contribution in [2.24, 2.45) is 5.92 Å².